The van der Waals surface area contributed by atoms with Crippen LogP contribution in [-0.2, 0) is 16.2 Å². The van der Waals surface area contributed by atoms with Gasteiger partial charge in [-0.3, -0.25) is 0 Å². The zero-order chi connectivity index (χ0) is 17.3. The molecule has 0 amide bonds. The van der Waals surface area contributed by atoms with E-state index >= 15 is 0 Å². The van der Waals surface area contributed by atoms with Crippen molar-refractivity contribution in [3.8, 4) is 0 Å². The van der Waals surface area contributed by atoms with E-state index in [4.69, 9.17) is 4.84 Å². The molecule has 0 fully saturated rings. The molecule has 0 atom stereocenters. The van der Waals surface area contributed by atoms with Gasteiger partial charge in [0.1, 0.15) is 5.71 Å². The molecule has 0 radical (unpaired) electrons. The van der Waals surface area contributed by atoms with Crippen molar-refractivity contribution >= 4 is 17.8 Å². The molecule has 0 aliphatic rings. The summed E-state index contributed by atoms with van der Waals surface area (Å²) in [6.45, 7) is 0.458. The van der Waals surface area contributed by atoms with Crippen LogP contribution in [0.3, 0.4) is 0 Å². The minimum atomic E-state index is -0.525. The van der Waals surface area contributed by atoms with Gasteiger partial charge < -0.3 is 9.40 Å². The number of nitrogens with zero attached hydrogens (tertiary/aromatic N) is 3. The minimum Gasteiger partial charge on any atom is -0.331 e. The van der Waals surface area contributed by atoms with Crippen LogP contribution in [0.15, 0.2) is 90.6 Å². The Balaban J connectivity index is 1.72. The predicted molar refractivity (Wildman–Crippen MR) is 96.8 cm³/mol. The van der Waals surface area contributed by atoms with Crippen molar-refractivity contribution in [3.05, 3.63) is 96.6 Å². The summed E-state index contributed by atoms with van der Waals surface area (Å²) in [4.78, 5) is 21.0. The smallest absolute Gasteiger partial charge is 0.331 e. The lowest BCUT2D eigenvalue weighted by Gasteiger charge is -2.06. The number of imidazole rings is 1. The number of benzene rings is 2. The normalized spacial score (nSPS) is 11.6. The number of aromatic nitrogens is 2. The van der Waals surface area contributed by atoms with Crippen molar-refractivity contribution in [1.82, 2.24) is 9.55 Å². The number of carbonyl (C=O) groups excluding carboxylic acids is 1. The quantitative estimate of drug-likeness (QED) is 0.300. The highest BCUT2D eigenvalue weighted by Gasteiger charge is 2.07. The summed E-state index contributed by atoms with van der Waals surface area (Å²) >= 11 is 0. The van der Waals surface area contributed by atoms with E-state index in [1.165, 1.54) is 6.08 Å². The molecule has 5 heteroatoms. The number of hydrogen-bond acceptors (Lipinski definition) is 4. The number of hydrogen-bond donors (Lipinski definition) is 0. The highest BCUT2D eigenvalue weighted by molar-refractivity contribution is 6.00. The summed E-state index contributed by atoms with van der Waals surface area (Å²) in [7, 11) is 0. The Morgan fingerprint density at radius 3 is 2.48 bits per heavy atom. The van der Waals surface area contributed by atoms with Crippen molar-refractivity contribution < 1.29 is 9.63 Å². The number of oxime groups is 1. The third-order valence-corrected chi connectivity index (χ3v) is 3.46. The minimum absolute atomic E-state index is 0.458. The molecule has 25 heavy (non-hydrogen) atoms. The molecule has 2 aromatic carbocycles. The summed E-state index contributed by atoms with van der Waals surface area (Å²) in [6.07, 6.45) is 8.26. The fourth-order valence-electron chi connectivity index (χ4n) is 2.22. The van der Waals surface area contributed by atoms with E-state index in [0.29, 0.717) is 12.3 Å². The van der Waals surface area contributed by atoms with Crippen molar-refractivity contribution in [2.75, 3.05) is 0 Å². The zero-order valence-corrected chi connectivity index (χ0v) is 13.5. The summed E-state index contributed by atoms with van der Waals surface area (Å²) in [5, 5.41) is 4.05. The van der Waals surface area contributed by atoms with Crippen molar-refractivity contribution in [1.29, 1.82) is 0 Å². The molecule has 124 valence electrons. The van der Waals surface area contributed by atoms with Gasteiger partial charge in [-0.05, 0) is 11.6 Å². The second kappa shape index (κ2) is 8.40. The molecule has 1 heterocycles. The maximum Gasteiger partial charge on any atom is 0.358 e. The number of carbonyl (C=O) groups is 1. The molecule has 5 nitrogen and oxygen atoms in total. The SMILES string of the molecule is O=C(C=Cc1ccccc1)ON=C(Cn1ccnc1)c1ccccc1. The van der Waals surface area contributed by atoms with Crippen molar-refractivity contribution in [2.45, 2.75) is 6.54 Å². The second-order valence-corrected chi connectivity index (χ2v) is 5.29. The van der Waals surface area contributed by atoms with Crippen LogP contribution < -0.4 is 0 Å². The van der Waals surface area contributed by atoms with Gasteiger partial charge in [-0.15, -0.1) is 0 Å². The molecule has 1 aromatic heterocycles. The summed E-state index contributed by atoms with van der Waals surface area (Å²) < 4.78 is 1.86. The molecule has 0 saturated heterocycles. The summed E-state index contributed by atoms with van der Waals surface area (Å²) in [6, 6.07) is 19.1. The lowest BCUT2D eigenvalue weighted by Crippen LogP contribution is -2.12. The van der Waals surface area contributed by atoms with Gasteiger partial charge in [0, 0.05) is 24.0 Å². The molecule has 0 N–H and O–H groups in total. The van der Waals surface area contributed by atoms with Gasteiger partial charge in [0.2, 0.25) is 0 Å². The van der Waals surface area contributed by atoms with Crippen molar-refractivity contribution in [2.24, 2.45) is 5.16 Å². The number of rotatable bonds is 6. The highest BCUT2D eigenvalue weighted by atomic mass is 16.7. The Kier molecular flexibility index (Phi) is 5.51. The Morgan fingerprint density at radius 1 is 1.08 bits per heavy atom. The van der Waals surface area contributed by atoms with Gasteiger partial charge in [-0.1, -0.05) is 65.8 Å². The maximum absolute atomic E-state index is 11.9. The molecule has 0 spiro atoms. The fourth-order valence-corrected chi connectivity index (χ4v) is 2.22. The van der Waals surface area contributed by atoms with Gasteiger partial charge in [0.15, 0.2) is 0 Å². The molecule has 3 aromatic rings. The van der Waals surface area contributed by atoms with Gasteiger partial charge in [-0.25, -0.2) is 9.78 Å². The first kappa shape index (κ1) is 16.4. The molecule has 0 unspecified atom stereocenters. The van der Waals surface area contributed by atoms with E-state index in [1.807, 2.05) is 71.4 Å². The zero-order valence-electron chi connectivity index (χ0n) is 13.5. The van der Waals surface area contributed by atoms with Crippen LogP contribution in [0.1, 0.15) is 11.1 Å². The van der Waals surface area contributed by atoms with E-state index in [-0.39, 0.29) is 0 Å². The Labute approximate surface area is 145 Å². The molecular formula is C20H17N3O2. The lowest BCUT2D eigenvalue weighted by molar-refractivity contribution is -0.137. The van der Waals surface area contributed by atoms with E-state index in [9.17, 15) is 4.79 Å². The first-order valence-electron chi connectivity index (χ1n) is 7.83. The molecule has 0 saturated carbocycles. The molecular weight excluding hydrogens is 314 g/mol. The Hall–Kier alpha value is -3.47. The fraction of sp³-hybridized carbons (Fsp3) is 0.0500. The van der Waals surface area contributed by atoms with Gasteiger partial charge in [-0.2, -0.15) is 0 Å². The first-order valence-corrected chi connectivity index (χ1v) is 7.83. The van der Waals surface area contributed by atoms with Gasteiger partial charge >= 0.3 is 5.97 Å². The maximum atomic E-state index is 11.9. The van der Waals surface area contributed by atoms with Crippen LogP contribution in [0.5, 0.6) is 0 Å². The monoisotopic (exact) mass is 331 g/mol. The van der Waals surface area contributed by atoms with E-state index in [2.05, 4.69) is 10.1 Å². The summed E-state index contributed by atoms with van der Waals surface area (Å²) in [5.74, 6) is -0.525. The third kappa shape index (κ3) is 5.00. The Bertz CT molecular complexity index is 854. The highest BCUT2D eigenvalue weighted by Crippen LogP contribution is 2.06. The van der Waals surface area contributed by atoms with E-state index in [0.717, 1.165) is 11.1 Å². The molecule has 0 aliphatic carbocycles. The molecule has 0 aliphatic heterocycles. The van der Waals surface area contributed by atoms with Crippen LogP contribution in [0.4, 0.5) is 0 Å². The van der Waals surface area contributed by atoms with Crippen LogP contribution in [0.25, 0.3) is 6.08 Å². The van der Waals surface area contributed by atoms with Crippen LogP contribution in [0, 0.1) is 0 Å². The molecule has 3 rings (SSSR count). The topological polar surface area (TPSA) is 56.5 Å². The van der Waals surface area contributed by atoms with Crippen molar-refractivity contribution in [3.63, 3.8) is 0 Å². The third-order valence-electron chi connectivity index (χ3n) is 3.46. The van der Waals surface area contributed by atoms with Crippen LogP contribution in [-0.4, -0.2) is 21.2 Å². The van der Waals surface area contributed by atoms with Crippen LogP contribution in [0.2, 0.25) is 0 Å². The first-order chi connectivity index (χ1) is 12.3. The second-order valence-electron chi connectivity index (χ2n) is 5.29. The molecule has 0 bridgehead atoms. The van der Waals surface area contributed by atoms with Crippen LogP contribution >= 0.6 is 0 Å². The van der Waals surface area contributed by atoms with Gasteiger partial charge in [0.05, 0.1) is 12.9 Å². The lowest BCUT2D eigenvalue weighted by atomic mass is 10.1. The van der Waals surface area contributed by atoms with Gasteiger partial charge in [0.25, 0.3) is 0 Å². The van der Waals surface area contributed by atoms with E-state index in [1.54, 1.807) is 18.6 Å². The van der Waals surface area contributed by atoms with E-state index < -0.39 is 5.97 Å². The summed E-state index contributed by atoms with van der Waals surface area (Å²) in [5.41, 5.74) is 2.45. The predicted octanol–water partition coefficient (Wildman–Crippen LogP) is 3.54. The average molecular weight is 331 g/mol. The largest absolute Gasteiger partial charge is 0.358 e. The standard InChI is InChI=1S/C20H17N3O2/c24-20(12-11-17-7-3-1-4-8-17)25-22-19(15-23-14-13-21-16-23)18-9-5-2-6-10-18/h1-14,16H,15H2. The Morgan fingerprint density at radius 2 is 1.80 bits per heavy atom. The average Bonchev–Trinajstić information content (AvgIpc) is 3.18.